The van der Waals surface area contributed by atoms with Gasteiger partial charge < -0.3 is 20.1 Å². The second kappa shape index (κ2) is 8.85. The Balaban J connectivity index is 1.53. The number of rotatable bonds is 7. The van der Waals surface area contributed by atoms with E-state index in [2.05, 4.69) is 10.6 Å². The Kier molecular flexibility index (Phi) is 6.28. The zero-order chi connectivity index (χ0) is 19.2. The van der Waals surface area contributed by atoms with Crippen molar-refractivity contribution >= 4 is 17.8 Å². The molecule has 8 heteroatoms. The van der Waals surface area contributed by atoms with Crippen molar-refractivity contribution in [2.45, 2.75) is 31.8 Å². The first-order chi connectivity index (χ1) is 13.1. The van der Waals surface area contributed by atoms with Crippen LogP contribution in [0.1, 0.15) is 24.8 Å². The number of nitrogens with one attached hydrogen (secondary N) is 2. The Morgan fingerprint density at radius 1 is 1.30 bits per heavy atom. The zero-order valence-corrected chi connectivity index (χ0v) is 15.4. The fourth-order valence-corrected chi connectivity index (χ4v) is 3.34. The lowest BCUT2D eigenvalue weighted by Crippen LogP contribution is -2.38. The summed E-state index contributed by atoms with van der Waals surface area (Å²) in [5.41, 5.74) is 0.730. The van der Waals surface area contributed by atoms with Gasteiger partial charge in [-0.2, -0.15) is 0 Å². The molecular formula is C19H25N3O5. The van der Waals surface area contributed by atoms with Gasteiger partial charge >= 0.3 is 6.03 Å². The molecule has 2 saturated heterocycles. The van der Waals surface area contributed by atoms with E-state index in [1.54, 1.807) is 12.1 Å². The van der Waals surface area contributed by atoms with Crippen molar-refractivity contribution in [3.05, 3.63) is 29.8 Å². The second-order valence-electron chi connectivity index (χ2n) is 6.80. The molecule has 1 atom stereocenters. The van der Waals surface area contributed by atoms with E-state index in [-0.39, 0.29) is 18.9 Å². The fraction of sp³-hybridized carbons (Fsp3) is 0.526. The van der Waals surface area contributed by atoms with Gasteiger partial charge in [0.15, 0.2) is 0 Å². The molecular weight excluding hydrogens is 350 g/mol. The van der Waals surface area contributed by atoms with Crippen molar-refractivity contribution in [3.63, 3.8) is 0 Å². The molecule has 1 unspecified atom stereocenters. The maximum atomic E-state index is 12.6. The highest BCUT2D eigenvalue weighted by molar-refractivity contribution is 6.05. The lowest BCUT2D eigenvalue weighted by Gasteiger charge is -2.22. The molecule has 0 saturated carbocycles. The molecule has 2 N–H and O–H groups in total. The van der Waals surface area contributed by atoms with E-state index in [0.717, 1.165) is 36.5 Å². The summed E-state index contributed by atoms with van der Waals surface area (Å²) in [6.45, 7) is 2.11. The summed E-state index contributed by atoms with van der Waals surface area (Å²) in [6, 6.07) is 5.88. The van der Waals surface area contributed by atoms with Gasteiger partial charge in [0.1, 0.15) is 11.8 Å². The summed E-state index contributed by atoms with van der Waals surface area (Å²) in [6.07, 6.45) is 1.79. The van der Waals surface area contributed by atoms with Crippen molar-refractivity contribution in [2.75, 3.05) is 26.9 Å². The maximum Gasteiger partial charge on any atom is 0.325 e. The predicted molar refractivity (Wildman–Crippen MR) is 97.0 cm³/mol. The number of carbonyl (C=O) groups excluding carboxylic acids is 3. The Morgan fingerprint density at radius 3 is 2.78 bits per heavy atom. The number of para-hydroxylation sites is 1. The van der Waals surface area contributed by atoms with Gasteiger partial charge in [-0.1, -0.05) is 18.2 Å². The average molecular weight is 375 g/mol. The number of hydrogen-bond acceptors (Lipinski definition) is 5. The summed E-state index contributed by atoms with van der Waals surface area (Å²) in [5.74, 6) is 0.376. The van der Waals surface area contributed by atoms with Gasteiger partial charge in [-0.25, -0.2) is 4.79 Å². The van der Waals surface area contributed by atoms with Gasteiger partial charge in [-0.05, 0) is 24.8 Å². The Hall–Kier alpha value is -2.61. The SMILES string of the molecule is COc1ccccc1CN1C(=O)NC(CC(=O)NCC2CCOCC2)C1=O. The highest BCUT2D eigenvalue weighted by atomic mass is 16.5. The average Bonchev–Trinajstić information content (AvgIpc) is 2.95. The van der Waals surface area contributed by atoms with Crippen LogP contribution in [-0.2, 0) is 20.9 Å². The molecule has 0 aromatic heterocycles. The molecule has 0 aliphatic carbocycles. The minimum atomic E-state index is -0.832. The van der Waals surface area contributed by atoms with E-state index in [1.807, 2.05) is 12.1 Å². The largest absolute Gasteiger partial charge is 0.496 e. The summed E-state index contributed by atoms with van der Waals surface area (Å²) < 4.78 is 10.6. The van der Waals surface area contributed by atoms with Gasteiger partial charge in [0.2, 0.25) is 5.91 Å². The highest BCUT2D eigenvalue weighted by Gasteiger charge is 2.39. The first kappa shape index (κ1) is 19.2. The van der Waals surface area contributed by atoms with E-state index in [0.29, 0.717) is 18.2 Å². The lowest BCUT2D eigenvalue weighted by molar-refractivity contribution is -0.131. The topological polar surface area (TPSA) is 97.0 Å². The minimum Gasteiger partial charge on any atom is -0.496 e. The van der Waals surface area contributed by atoms with Crippen LogP contribution < -0.4 is 15.4 Å². The van der Waals surface area contributed by atoms with Crippen LogP contribution in [0.3, 0.4) is 0 Å². The van der Waals surface area contributed by atoms with Crippen LogP contribution >= 0.6 is 0 Å². The molecule has 0 spiro atoms. The van der Waals surface area contributed by atoms with Crippen molar-refractivity contribution in [3.8, 4) is 5.75 Å². The van der Waals surface area contributed by atoms with Crippen molar-refractivity contribution < 1.29 is 23.9 Å². The molecule has 146 valence electrons. The predicted octanol–water partition coefficient (Wildman–Crippen LogP) is 1.05. The first-order valence-electron chi connectivity index (χ1n) is 9.16. The molecule has 2 fully saturated rings. The third-order valence-corrected chi connectivity index (χ3v) is 4.95. The van der Waals surface area contributed by atoms with Crippen LogP contribution in [0.4, 0.5) is 4.79 Å². The number of carbonyl (C=O) groups is 3. The van der Waals surface area contributed by atoms with Crippen LogP contribution in [0, 0.1) is 5.92 Å². The molecule has 3 rings (SSSR count). The fourth-order valence-electron chi connectivity index (χ4n) is 3.34. The van der Waals surface area contributed by atoms with E-state index in [4.69, 9.17) is 9.47 Å². The number of ether oxygens (including phenoxy) is 2. The molecule has 0 radical (unpaired) electrons. The number of benzene rings is 1. The van der Waals surface area contributed by atoms with Crippen LogP contribution in [0.5, 0.6) is 5.75 Å². The molecule has 0 bridgehead atoms. The third-order valence-electron chi connectivity index (χ3n) is 4.95. The smallest absolute Gasteiger partial charge is 0.325 e. The Morgan fingerprint density at radius 2 is 2.04 bits per heavy atom. The van der Waals surface area contributed by atoms with Crippen LogP contribution in [-0.4, -0.2) is 55.7 Å². The molecule has 4 amide bonds. The van der Waals surface area contributed by atoms with Gasteiger partial charge in [0.25, 0.3) is 5.91 Å². The number of hydrogen-bond donors (Lipinski definition) is 2. The van der Waals surface area contributed by atoms with E-state index in [1.165, 1.54) is 7.11 Å². The first-order valence-corrected chi connectivity index (χ1v) is 9.16. The third kappa shape index (κ3) is 4.77. The van der Waals surface area contributed by atoms with Crippen molar-refractivity contribution in [1.29, 1.82) is 0 Å². The lowest BCUT2D eigenvalue weighted by atomic mass is 10.0. The van der Waals surface area contributed by atoms with Crippen molar-refractivity contribution in [2.24, 2.45) is 5.92 Å². The number of amides is 4. The standard InChI is InChI=1S/C19H25N3O5/c1-26-16-5-3-2-4-14(16)12-22-18(24)15(21-19(22)25)10-17(23)20-11-13-6-8-27-9-7-13/h2-5,13,15H,6-12H2,1H3,(H,20,23)(H,21,25). The second-order valence-corrected chi connectivity index (χ2v) is 6.80. The van der Waals surface area contributed by atoms with Crippen LogP contribution in [0.25, 0.3) is 0 Å². The number of urea groups is 1. The van der Waals surface area contributed by atoms with Gasteiger partial charge in [0, 0.05) is 25.3 Å². The number of imide groups is 1. The molecule has 2 heterocycles. The van der Waals surface area contributed by atoms with E-state index >= 15 is 0 Å². The number of nitrogens with zero attached hydrogens (tertiary/aromatic N) is 1. The van der Waals surface area contributed by atoms with E-state index < -0.39 is 18.0 Å². The number of methoxy groups -OCH3 is 1. The normalized spacial score (nSPS) is 20.5. The van der Waals surface area contributed by atoms with Gasteiger partial charge in [0.05, 0.1) is 20.1 Å². The molecule has 2 aliphatic heterocycles. The minimum absolute atomic E-state index is 0.0593. The molecule has 1 aromatic carbocycles. The quantitative estimate of drug-likeness (QED) is 0.695. The van der Waals surface area contributed by atoms with E-state index in [9.17, 15) is 14.4 Å². The maximum absolute atomic E-state index is 12.6. The van der Waals surface area contributed by atoms with Crippen molar-refractivity contribution in [1.82, 2.24) is 15.5 Å². The molecule has 27 heavy (non-hydrogen) atoms. The monoisotopic (exact) mass is 375 g/mol. The summed E-state index contributed by atoms with van der Waals surface area (Å²) in [5, 5.41) is 5.46. The highest BCUT2D eigenvalue weighted by Crippen LogP contribution is 2.22. The van der Waals surface area contributed by atoms with Gasteiger partial charge in [-0.3, -0.25) is 14.5 Å². The van der Waals surface area contributed by atoms with Crippen LogP contribution in [0.15, 0.2) is 24.3 Å². The summed E-state index contributed by atoms with van der Waals surface area (Å²) >= 11 is 0. The Bertz CT molecular complexity index is 702. The Labute approximate surface area is 158 Å². The zero-order valence-electron chi connectivity index (χ0n) is 15.4. The molecule has 8 nitrogen and oxygen atoms in total. The van der Waals surface area contributed by atoms with Crippen LogP contribution in [0.2, 0.25) is 0 Å². The molecule has 2 aliphatic rings. The summed E-state index contributed by atoms with van der Waals surface area (Å²) in [4.78, 5) is 38.1. The summed E-state index contributed by atoms with van der Waals surface area (Å²) in [7, 11) is 1.54. The molecule has 1 aromatic rings. The van der Waals surface area contributed by atoms with Gasteiger partial charge in [-0.15, -0.1) is 0 Å².